The van der Waals surface area contributed by atoms with Gasteiger partial charge in [0.2, 0.25) is 0 Å². The van der Waals surface area contributed by atoms with Crippen LogP contribution in [0, 0.1) is 0 Å². The first-order valence-corrected chi connectivity index (χ1v) is 12.1. The third-order valence-corrected chi connectivity index (χ3v) is 6.23. The number of halogens is 1. The van der Waals surface area contributed by atoms with Gasteiger partial charge in [-0.1, -0.05) is 31.5 Å². The van der Waals surface area contributed by atoms with E-state index in [4.69, 9.17) is 11.6 Å². The minimum absolute atomic E-state index is 0.0373. The van der Waals surface area contributed by atoms with Crippen molar-refractivity contribution in [1.82, 2.24) is 19.6 Å². The number of hydrogen-bond acceptors (Lipinski definition) is 5. The quantitative estimate of drug-likeness (QED) is 0.692. The van der Waals surface area contributed by atoms with Gasteiger partial charge in [0, 0.05) is 44.0 Å². The van der Waals surface area contributed by atoms with Gasteiger partial charge in [-0.15, -0.1) is 0 Å². The predicted molar refractivity (Wildman–Crippen MR) is 115 cm³/mol. The normalized spacial score (nSPS) is 15.8. The van der Waals surface area contributed by atoms with Gasteiger partial charge in [0.25, 0.3) is 5.91 Å². The lowest BCUT2D eigenvalue weighted by Crippen LogP contribution is -2.49. The predicted octanol–water partition coefficient (Wildman–Crippen LogP) is 2.45. The van der Waals surface area contributed by atoms with Crippen LogP contribution in [0.1, 0.15) is 35.8 Å². The summed E-state index contributed by atoms with van der Waals surface area (Å²) in [6, 6.07) is 7.41. The van der Waals surface area contributed by atoms with E-state index in [1.54, 1.807) is 16.9 Å². The van der Waals surface area contributed by atoms with Gasteiger partial charge >= 0.3 is 0 Å². The van der Waals surface area contributed by atoms with E-state index >= 15 is 0 Å². The molecule has 1 aliphatic rings. The average Bonchev–Trinajstić information content (AvgIpc) is 3.11. The minimum atomic E-state index is -2.98. The number of hydrogen-bond donors (Lipinski definition) is 0. The molecule has 0 N–H and O–H groups in total. The van der Waals surface area contributed by atoms with Crippen molar-refractivity contribution in [2.75, 3.05) is 44.7 Å². The monoisotopic (exact) mass is 438 g/mol. The van der Waals surface area contributed by atoms with Gasteiger partial charge in [-0.05, 0) is 24.1 Å². The van der Waals surface area contributed by atoms with Crippen molar-refractivity contribution in [3.8, 4) is 5.69 Å². The average molecular weight is 439 g/mol. The molecule has 1 aromatic carbocycles. The van der Waals surface area contributed by atoms with Crippen LogP contribution < -0.4 is 0 Å². The molecule has 2 aromatic rings. The molecule has 0 atom stereocenters. The number of nitrogens with zero attached hydrogens (tertiary/aromatic N) is 4. The standard InChI is InChI=1S/C20H27ClN4O3S/c1-15(2)19-18(14-22-25(19)17-6-4-5-16(21)13-17)20(26)24-9-7-23(8-10-24)11-12-29(3,27)28/h4-6,13-15H,7-12H2,1-3H3. The Bertz CT molecular complexity index is 979. The van der Waals surface area contributed by atoms with E-state index in [2.05, 4.69) is 10.00 Å². The highest BCUT2D eigenvalue weighted by atomic mass is 35.5. The summed E-state index contributed by atoms with van der Waals surface area (Å²) in [7, 11) is -2.98. The molecule has 7 nitrogen and oxygen atoms in total. The molecule has 0 aliphatic carbocycles. The molecule has 3 rings (SSSR count). The summed E-state index contributed by atoms with van der Waals surface area (Å²) in [5, 5.41) is 5.09. The highest BCUT2D eigenvalue weighted by Crippen LogP contribution is 2.25. The number of rotatable bonds is 6. The fraction of sp³-hybridized carbons (Fsp3) is 0.500. The molecule has 0 unspecified atom stereocenters. The van der Waals surface area contributed by atoms with E-state index in [0.29, 0.717) is 43.3 Å². The lowest BCUT2D eigenvalue weighted by atomic mass is 10.0. The molecule has 1 amide bonds. The molecule has 0 spiro atoms. The summed E-state index contributed by atoms with van der Waals surface area (Å²) in [5.74, 6) is 0.210. The SMILES string of the molecule is CC(C)c1c(C(=O)N2CCN(CCS(C)(=O)=O)CC2)cnn1-c1cccc(Cl)c1. The largest absolute Gasteiger partial charge is 0.336 e. The number of sulfone groups is 1. The van der Waals surface area contributed by atoms with Crippen LogP contribution in [0.5, 0.6) is 0 Å². The van der Waals surface area contributed by atoms with Crippen LogP contribution in [0.15, 0.2) is 30.5 Å². The van der Waals surface area contributed by atoms with Crippen molar-refractivity contribution in [1.29, 1.82) is 0 Å². The number of piperazine rings is 1. The van der Waals surface area contributed by atoms with Crippen molar-refractivity contribution < 1.29 is 13.2 Å². The van der Waals surface area contributed by atoms with Gasteiger partial charge in [-0.25, -0.2) is 13.1 Å². The molecule has 1 fully saturated rings. The Balaban J connectivity index is 1.75. The zero-order valence-corrected chi connectivity index (χ0v) is 18.6. The summed E-state index contributed by atoms with van der Waals surface area (Å²) in [6.45, 7) is 7.06. The van der Waals surface area contributed by atoms with Crippen molar-refractivity contribution in [3.05, 3.63) is 46.7 Å². The van der Waals surface area contributed by atoms with Crippen LogP contribution >= 0.6 is 11.6 Å². The van der Waals surface area contributed by atoms with E-state index in [9.17, 15) is 13.2 Å². The summed E-state index contributed by atoms with van der Waals surface area (Å²) in [4.78, 5) is 17.1. The van der Waals surface area contributed by atoms with E-state index < -0.39 is 9.84 Å². The van der Waals surface area contributed by atoms with Gasteiger partial charge in [0.05, 0.1) is 28.9 Å². The van der Waals surface area contributed by atoms with Gasteiger partial charge in [-0.2, -0.15) is 5.10 Å². The molecular formula is C20H27ClN4O3S. The number of carbonyl (C=O) groups is 1. The lowest BCUT2D eigenvalue weighted by molar-refractivity contribution is 0.0642. The number of benzene rings is 1. The zero-order valence-electron chi connectivity index (χ0n) is 17.0. The van der Waals surface area contributed by atoms with Crippen molar-refractivity contribution in [2.45, 2.75) is 19.8 Å². The first-order valence-electron chi connectivity index (χ1n) is 9.69. The van der Waals surface area contributed by atoms with Crippen LogP contribution in [0.3, 0.4) is 0 Å². The van der Waals surface area contributed by atoms with Crippen LogP contribution in [0.25, 0.3) is 5.69 Å². The van der Waals surface area contributed by atoms with Gasteiger partial charge in [0.15, 0.2) is 0 Å². The van der Waals surface area contributed by atoms with Crippen LogP contribution in [0.4, 0.5) is 0 Å². The summed E-state index contributed by atoms with van der Waals surface area (Å²) < 4.78 is 24.5. The maximum atomic E-state index is 13.2. The van der Waals surface area contributed by atoms with Crippen LogP contribution in [-0.4, -0.2) is 78.6 Å². The summed E-state index contributed by atoms with van der Waals surface area (Å²) in [5.41, 5.74) is 2.28. The molecular weight excluding hydrogens is 412 g/mol. The smallest absolute Gasteiger partial charge is 0.257 e. The summed E-state index contributed by atoms with van der Waals surface area (Å²) >= 11 is 6.13. The second-order valence-electron chi connectivity index (χ2n) is 7.75. The molecule has 0 radical (unpaired) electrons. The van der Waals surface area contributed by atoms with E-state index in [1.165, 1.54) is 6.26 Å². The van der Waals surface area contributed by atoms with Crippen molar-refractivity contribution in [2.24, 2.45) is 0 Å². The maximum absolute atomic E-state index is 13.2. The lowest BCUT2D eigenvalue weighted by Gasteiger charge is -2.34. The third-order valence-electron chi connectivity index (χ3n) is 5.07. The Morgan fingerprint density at radius 1 is 1.21 bits per heavy atom. The van der Waals surface area contributed by atoms with Crippen molar-refractivity contribution >= 4 is 27.3 Å². The molecule has 29 heavy (non-hydrogen) atoms. The molecule has 0 bridgehead atoms. The van der Waals surface area contributed by atoms with Crippen molar-refractivity contribution in [3.63, 3.8) is 0 Å². The molecule has 158 valence electrons. The Labute approximate surface area is 177 Å². The van der Waals surface area contributed by atoms with E-state index in [1.807, 2.05) is 36.9 Å². The molecule has 1 aliphatic heterocycles. The third kappa shape index (κ3) is 5.38. The zero-order chi connectivity index (χ0) is 21.2. The Hall–Kier alpha value is -1.90. The number of aromatic nitrogens is 2. The Morgan fingerprint density at radius 2 is 1.90 bits per heavy atom. The first kappa shape index (κ1) is 21.8. The van der Waals surface area contributed by atoms with Crippen LogP contribution in [-0.2, 0) is 9.84 Å². The molecule has 2 heterocycles. The minimum Gasteiger partial charge on any atom is -0.336 e. The molecule has 1 aromatic heterocycles. The van der Waals surface area contributed by atoms with E-state index in [0.717, 1.165) is 11.4 Å². The Morgan fingerprint density at radius 3 is 2.48 bits per heavy atom. The first-order chi connectivity index (χ1) is 13.7. The second kappa shape index (κ2) is 8.85. The highest BCUT2D eigenvalue weighted by molar-refractivity contribution is 7.90. The second-order valence-corrected chi connectivity index (χ2v) is 10.4. The Kier molecular flexibility index (Phi) is 6.65. The topological polar surface area (TPSA) is 75.5 Å². The summed E-state index contributed by atoms with van der Waals surface area (Å²) in [6.07, 6.45) is 2.88. The van der Waals surface area contributed by atoms with Gasteiger partial charge in [0.1, 0.15) is 9.84 Å². The highest BCUT2D eigenvalue weighted by Gasteiger charge is 2.27. The molecule has 0 saturated carbocycles. The fourth-order valence-electron chi connectivity index (χ4n) is 3.53. The van der Waals surface area contributed by atoms with Crippen LogP contribution in [0.2, 0.25) is 5.02 Å². The van der Waals surface area contributed by atoms with Gasteiger partial charge in [-0.3, -0.25) is 9.69 Å². The van der Waals surface area contributed by atoms with Gasteiger partial charge < -0.3 is 4.90 Å². The molecule has 9 heteroatoms. The molecule has 1 saturated heterocycles. The van der Waals surface area contributed by atoms with E-state index in [-0.39, 0.29) is 17.6 Å². The fourth-order valence-corrected chi connectivity index (χ4v) is 4.31. The number of amides is 1. The maximum Gasteiger partial charge on any atom is 0.257 e. The number of carbonyl (C=O) groups excluding carboxylic acids is 1.